The van der Waals surface area contributed by atoms with Crippen molar-refractivity contribution in [2.75, 3.05) is 11.9 Å². The van der Waals surface area contributed by atoms with Crippen LogP contribution in [0.15, 0.2) is 48.5 Å². The predicted molar refractivity (Wildman–Crippen MR) is 128 cm³/mol. The first-order chi connectivity index (χ1) is 16.7. The van der Waals surface area contributed by atoms with Gasteiger partial charge in [-0.25, -0.2) is 13.6 Å². The molecule has 1 aliphatic heterocycles. The van der Waals surface area contributed by atoms with Gasteiger partial charge in [0.05, 0.1) is 30.2 Å². The molecule has 2 heterocycles. The van der Waals surface area contributed by atoms with Gasteiger partial charge in [0, 0.05) is 22.7 Å². The molecule has 1 N–H and O–H groups in total. The molecule has 0 saturated carbocycles. The minimum absolute atomic E-state index is 0.0310. The number of nitrogens with one attached hydrogen (secondary N) is 1. The molecule has 3 aromatic rings. The van der Waals surface area contributed by atoms with E-state index >= 15 is 0 Å². The highest BCUT2D eigenvalue weighted by Crippen LogP contribution is 2.47. The highest BCUT2D eigenvalue weighted by Gasteiger charge is 2.45. The molecule has 0 aliphatic carbocycles. The number of nitrogens with zero attached hydrogens (tertiary/aromatic N) is 3. The summed E-state index contributed by atoms with van der Waals surface area (Å²) in [7, 11) is 0. The maximum Gasteiger partial charge on any atom is 0.254 e. The van der Waals surface area contributed by atoms with Gasteiger partial charge in [0.25, 0.3) is 5.91 Å². The molecule has 0 fully saturated rings. The monoisotopic (exact) mass is 490 g/mol. The second-order valence-corrected chi connectivity index (χ2v) is 9.72. The normalized spacial score (nSPS) is 17.0. The van der Waals surface area contributed by atoms with Gasteiger partial charge in [-0.15, -0.1) is 0 Å². The van der Waals surface area contributed by atoms with Crippen molar-refractivity contribution in [2.24, 2.45) is 5.92 Å². The summed E-state index contributed by atoms with van der Waals surface area (Å²) in [5.41, 5.74) is 0.529. The minimum Gasteiger partial charge on any atom is -0.329 e. The third-order valence-corrected chi connectivity index (χ3v) is 6.69. The minimum atomic E-state index is -1.04. The molecule has 2 aromatic carbocycles. The highest BCUT2D eigenvalue weighted by atomic mass is 32.1. The SMILES string of the molecule is [C-]#[N+]c1ccc([C@H]2[C@H](C(=O)Nc3cc(F)cc(C#N)c3)c3cc(F)ccc3C(=O)N2CC(C)C)s1. The van der Waals surface area contributed by atoms with E-state index in [1.807, 2.05) is 19.9 Å². The van der Waals surface area contributed by atoms with Gasteiger partial charge in [-0.3, -0.25) is 9.59 Å². The van der Waals surface area contributed by atoms with Crippen molar-refractivity contribution >= 4 is 33.8 Å². The lowest BCUT2D eigenvalue weighted by molar-refractivity contribution is -0.119. The van der Waals surface area contributed by atoms with E-state index in [1.165, 1.54) is 24.3 Å². The van der Waals surface area contributed by atoms with Crippen molar-refractivity contribution in [3.63, 3.8) is 0 Å². The molecule has 2 atom stereocenters. The van der Waals surface area contributed by atoms with E-state index in [2.05, 4.69) is 10.2 Å². The number of halogens is 2. The first-order valence-corrected chi connectivity index (χ1v) is 11.6. The molecular formula is C26H20F2N4O2S. The Morgan fingerprint density at radius 1 is 1.20 bits per heavy atom. The zero-order valence-electron chi connectivity index (χ0n) is 18.9. The van der Waals surface area contributed by atoms with Crippen LogP contribution in [0.4, 0.5) is 19.5 Å². The number of hydrogen-bond acceptors (Lipinski definition) is 4. The van der Waals surface area contributed by atoms with Crippen LogP contribution in [0.1, 0.15) is 52.2 Å². The van der Waals surface area contributed by atoms with Crippen LogP contribution in [0.3, 0.4) is 0 Å². The number of fused-ring (bicyclic) bond motifs is 1. The van der Waals surface area contributed by atoms with Crippen LogP contribution >= 0.6 is 11.3 Å². The molecule has 0 radical (unpaired) electrons. The third kappa shape index (κ3) is 4.77. The predicted octanol–water partition coefficient (Wildman–Crippen LogP) is 6.02. The fourth-order valence-electron chi connectivity index (χ4n) is 4.32. The van der Waals surface area contributed by atoms with Crippen LogP contribution < -0.4 is 5.32 Å². The van der Waals surface area contributed by atoms with Gasteiger partial charge in [-0.2, -0.15) is 16.6 Å². The van der Waals surface area contributed by atoms with Crippen LogP contribution in [-0.2, 0) is 4.79 Å². The average molecular weight is 491 g/mol. The van der Waals surface area contributed by atoms with E-state index in [-0.39, 0.29) is 34.2 Å². The quantitative estimate of drug-likeness (QED) is 0.444. The zero-order valence-corrected chi connectivity index (χ0v) is 19.7. The van der Waals surface area contributed by atoms with Crippen molar-refractivity contribution in [3.05, 3.63) is 93.2 Å². The maximum atomic E-state index is 14.4. The summed E-state index contributed by atoms with van der Waals surface area (Å²) < 4.78 is 28.4. The van der Waals surface area contributed by atoms with Gasteiger partial charge < -0.3 is 10.2 Å². The van der Waals surface area contributed by atoms with Crippen molar-refractivity contribution in [2.45, 2.75) is 25.8 Å². The Morgan fingerprint density at radius 3 is 2.63 bits per heavy atom. The summed E-state index contributed by atoms with van der Waals surface area (Å²) in [6, 6.07) is 11.5. The van der Waals surface area contributed by atoms with Gasteiger partial charge >= 0.3 is 0 Å². The standard InChI is InChI=1S/C26H20F2N4O2S/c1-14(2)13-32-24(21-6-7-22(30-3)35-21)23(20-11-16(27)4-5-19(20)26(32)34)25(33)31-18-9-15(12-29)8-17(28)10-18/h4-11,14,23-24H,13H2,1-2H3,(H,31,33)/t23-,24+/m1/s1. The van der Waals surface area contributed by atoms with Crippen molar-refractivity contribution in [3.8, 4) is 6.07 Å². The molecule has 0 bridgehead atoms. The molecule has 0 spiro atoms. The lowest BCUT2D eigenvalue weighted by Gasteiger charge is -2.42. The fraction of sp³-hybridized carbons (Fsp3) is 0.231. The number of carbonyl (C=O) groups excluding carboxylic acids is 2. The van der Waals surface area contributed by atoms with E-state index in [9.17, 15) is 18.4 Å². The fourth-order valence-corrected chi connectivity index (χ4v) is 5.26. The van der Waals surface area contributed by atoms with Gasteiger partial charge in [-0.05, 0) is 53.9 Å². The van der Waals surface area contributed by atoms with Crippen LogP contribution in [0, 0.1) is 35.5 Å². The van der Waals surface area contributed by atoms with Gasteiger partial charge in [0.2, 0.25) is 10.9 Å². The first-order valence-electron chi connectivity index (χ1n) is 10.8. The van der Waals surface area contributed by atoms with E-state index < -0.39 is 29.5 Å². The number of hydrogen-bond donors (Lipinski definition) is 1. The van der Waals surface area contributed by atoms with Gasteiger partial charge in [0.1, 0.15) is 11.6 Å². The summed E-state index contributed by atoms with van der Waals surface area (Å²) >= 11 is 1.16. The van der Waals surface area contributed by atoms with Crippen molar-refractivity contribution in [1.29, 1.82) is 5.26 Å². The lowest BCUT2D eigenvalue weighted by Crippen LogP contribution is -2.47. The van der Waals surface area contributed by atoms with Gasteiger partial charge in [0.15, 0.2) is 0 Å². The van der Waals surface area contributed by atoms with Crippen molar-refractivity contribution < 1.29 is 18.4 Å². The van der Waals surface area contributed by atoms with E-state index in [4.69, 9.17) is 11.8 Å². The van der Waals surface area contributed by atoms with E-state index in [0.717, 1.165) is 23.5 Å². The number of rotatable bonds is 5. The van der Waals surface area contributed by atoms with E-state index in [1.54, 1.807) is 17.0 Å². The number of benzene rings is 2. The molecule has 9 heteroatoms. The summed E-state index contributed by atoms with van der Waals surface area (Å²) in [5.74, 6) is -3.19. The molecule has 2 amide bonds. The molecule has 176 valence electrons. The third-order valence-electron chi connectivity index (χ3n) is 5.64. The average Bonchev–Trinajstić information content (AvgIpc) is 3.28. The Hall–Kier alpha value is -4.08. The molecule has 4 rings (SSSR count). The summed E-state index contributed by atoms with van der Waals surface area (Å²) in [6.45, 7) is 11.5. The molecular weight excluding hydrogens is 470 g/mol. The van der Waals surface area contributed by atoms with Gasteiger partial charge in [-0.1, -0.05) is 19.9 Å². The van der Waals surface area contributed by atoms with E-state index in [0.29, 0.717) is 16.4 Å². The maximum absolute atomic E-state index is 14.4. The number of anilines is 1. The Bertz CT molecular complexity index is 1400. The second kappa shape index (κ2) is 9.65. The first kappa shape index (κ1) is 24.1. The summed E-state index contributed by atoms with van der Waals surface area (Å²) in [6.07, 6.45) is 0. The smallest absolute Gasteiger partial charge is 0.254 e. The van der Waals surface area contributed by atoms with Crippen LogP contribution in [-0.4, -0.2) is 23.3 Å². The molecule has 35 heavy (non-hydrogen) atoms. The zero-order chi connectivity index (χ0) is 25.3. The number of amides is 2. The molecule has 0 saturated heterocycles. The Kier molecular flexibility index (Phi) is 6.63. The lowest BCUT2D eigenvalue weighted by atomic mass is 9.81. The largest absolute Gasteiger partial charge is 0.329 e. The van der Waals surface area contributed by atoms with Crippen LogP contribution in [0.2, 0.25) is 0 Å². The number of carbonyl (C=O) groups is 2. The molecule has 0 unspecified atom stereocenters. The Morgan fingerprint density at radius 2 is 1.97 bits per heavy atom. The Labute approximate surface area is 205 Å². The molecule has 6 nitrogen and oxygen atoms in total. The van der Waals surface area contributed by atoms with Crippen LogP contribution in [0.25, 0.3) is 4.85 Å². The molecule has 1 aromatic heterocycles. The van der Waals surface area contributed by atoms with Crippen molar-refractivity contribution in [1.82, 2.24) is 4.90 Å². The number of nitriles is 1. The number of thiophene rings is 1. The Balaban J connectivity index is 1.88. The van der Waals surface area contributed by atoms with Crippen LogP contribution in [0.5, 0.6) is 0 Å². The molecule has 1 aliphatic rings. The topological polar surface area (TPSA) is 77.6 Å². The summed E-state index contributed by atoms with van der Waals surface area (Å²) in [5, 5.41) is 12.2. The summed E-state index contributed by atoms with van der Waals surface area (Å²) in [4.78, 5) is 32.9. The highest BCUT2D eigenvalue weighted by molar-refractivity contribution is 7.16. The second-order valence-electron chi connectivity index (χ2n) is 8.62.